The molecule has 0 bridgehead atoms. The van der Waals surface area contributed by atoms with Gasteiger partial charge in [-0.05, 0) is 44.4 Å². The van der Waals surface area contributed by atoms with Crippen LogP contribution < -0.4 is 11.1 Å². The number of nitrogens with one attached hydrogen (secondary N) is 1. The molecule has 0 aliphatic carbocycles. The smallest absolute Gasteiger partial charge is 0.227 e. The number of hydrogen-bond acceptors (Lipinski definition) is 2. The van der Waals surface area contributed by atoms with Crippen molar-refractivity contribution in [2.45, 2.75) is 33.6 Å². The van der Waals surface area contributed by atoms with Gasteiger partial charge in [0, 0.05) is 11.6 Å². The fraction of sp³-hybridized carbons (Fsp3) is 0.533. The zero-order valence-corrected chi connectivity index (χ0v) is 11.6. The van der Waals surface area contributed by atoms with Crippen molar-refractivity contribution in [3.8, 4) is 0 Å². The third-order valence-corrected chi connectivity index (χ3v) is 3.18. The number of aryl methyl sites for hydroxylation is 1. The van der Waals surface area contributed by atoms with E-state index < -0.39 is 0 Å². The van der Waals surface area contributed by atoms with E-state index in [1.165, 1.54) is 5.56 Å². The molecule has 0 radical (unpaired) electrons. The molecule has 1 aromatic carbocycles. The molecule has 0 spiro atoms. The number of anilines is 1. The summed E-state index contributed by atoms with van der Waals surface area (Å²) in [5, 5.41) is 2.98. The van der Waals surface area contributed by atoms with Crippen LogP contribution in [0.25, 0.3) is 0 Å². The SMILES string of the molecule is Cc1ccc(NC(=O)C(CCCN)C(C)C)cc1. The normalized spacial score (nSPS) is 12.5. The second kappa shape index (κ2) is 7.17. The van der Waals surface area contributed by atoms with Crippen molar-refractivity contribution in [2.24, 2.45) is 17.6 Å². The van der Waals surface area contributed by atoms with Crippen molar-refractivity contribution in [2.75, 3.05) is 11.9 Å². The molecule has 1 amide bonds. The first-order valence-corrected chi connectivity index (χ1v) is 6.62. The van der Waals surface area contributed by atoms with Crippen LogP contribution in [0.2, 0.25) is 0 Å². The molecule has 0 saturated carbocycles. The Kier molecular flexibility index (Phi) is 5.86. The van der Waals surface area contributed by atoms with E-state index in [1.807, 2.05) is 31.2 Å². The first kappa shape index (κ1) is 14.7. The molecule has 3 nitrogen and oxygen atoms in total. The quantitative estimate of drug-likeness (QED) is 0.813. The molecule has 0 aliphatic rings. The molecule has 0 aliphatic heterocycles. The average Bonchev–Trinajstić information content (AvgIpc) is 2.32. The van der Waals surface area contributed by atoms with Crippen molar-refractivity contribution >= 4 is 11.6 Å². The molecule has 0 saturated heterocycles. The molecular weight excluding hydrogens is 224 g/mol. The van der Waals surface area contributed by atoms with Crippen LogP contribution in [-0.4, -0.2) is 12.5 Å². The van der Waals surface area contributed by atoms with Gasteiger partial charge in [0.05, 0.1) is 0 Å². The van der Waals surface area contributed by atoms with E-state index in [0.29, 0.717) is 12.5 Å². The Balaban J connectivity index is 2.63. The van der Waals surface area contributed by atoms with Gasteiger partial charge in [0.2, 0.25) is 5.91 Å². The fourth-order valence-electron chi connectivity index (χ4n) is 1.98. The van der Waals surface area contributed by atoms with Crippen LogP contribution in [0.5, 0.6) is 0 Å². The standard InChI is InChI=1S/C15H24N2O/c1-11(2)14(5-4-10-16)15(18)17-13-8-6-12(3)7-9-13/h6-9,11,14H,4-5,10,16H2,1-3H3,(H,17,18). The monoisotopic (exact) mass is 248 g/mol. The Labute approximate surface area is 110 Å². The number of nitrogens with two attached hydrogens (primary N) is 1. The summed E-state index contributed by atoms with van der Waals surface area (Å²) in [4.78, 5) is 12.2. The van der Waals surface area contributed by atoms with Crippen LogP contribution in [0.1, 0.15) is 32.3 Å². The fourth-order valence-corrected chi connectivity index (χ4v) is 1.98. The van der Waals surface area contributed by atoms with Crippen LogP contribution in [0.15, 0.2) is 24.3 Å². The lowest BCUT2D eigenvalue weighted by atomic mass is 9.90. The number of hydrogen-bond donors (Lipinski definition) is 2. The van der Waals surface area contributed by atoms with Gasteiger partial charge < -0.3 is 11.1 Å². The second-order valence-corrected chi connectivity index (χ2v) is 5.14. The van der Waals surface area contributed by atoms with Crippen LogP contribution in [-0.2, 0) is 4.79 Å². The number of carbonyl (C=O) groups excluding carboxylic acids is 1. The zero-order chi connectivity index (χ0) is 13.5. The number of benzene rings is 1. The highest BCUT2D eigenvalue weighted by Crippen LogP contribution is 2.19. The maximum Gasteiger partial charge on any atom is 0.227 e. The number of rotatable bonds is 6. The molecule has 0 aromatic heterocycles. The van der Waals surface area contributed by atoms with Crippen LogP contribution in [0, 0.1) is 18.8 Å². The molecule has 0 fully saturated rings. The molecule has 1 atom stereocenters. The van der Waals surface area contributed by atoms with Crippen molar-refractivity contribution < 1.29 is 4.79 Å². The zero-order valence-electron chi connectivity index (χ0n) is 11.6. The van der Waals surface area contributed by atoms with Gasteiger partial charge in [0.1, 0.15) is 0 Å². The van der Waals surface area contributed by atoms with Crippen molar-refractivity contribution in [1.82, 2.24) is 0 Å². The van der Waals surface area contributed by atoms with Gasteiger partial charge >= 0.3 is 0 Å². The van der Waals surface area contributed by atoms with Crippen molar-refractivity contribution in [3.63, 3.8) is 0 Å². The average molecular weight is 248 g/mol. The summed E-state index contributed by atoms with van der Waals surface area (Å²) in [5.74, 6) is 0.471. The Morgan fingerprint density at radius 2 is 1.89 bits per heavy atom. The van der Waals surface area contributed by atoms with Gasteiger partial charge in [-0.25, -0.2) is 0 Å². The van der Waals surface area contributed by atoms with Crippen molar-refractivity contribution in [3.05, 3.63) is 29.8 Å². The summed E-state index contributed by atoms with van der Waals surface area (Å²) in [5.41, 5.74) is 7.57. The third kappa shape index (κ3) is 4.49. The highest BCUT2D eigenvalue weighted by Gasteiger charge is 2.21. The second-order valence-electron chi connectivity index (χ2n) is 5.14. The molecule has 1 unspecified atom stereocenters. The van der Waals surface area contributed by atoms with Crippen molar-refractivity contribution in [1.29, 1.82) is 0 Å². The molecule has 1 aromatic rings. The van der Waals surface area contributed by atoms with Crippen LogP contribution in [0.3, 0.4) is 0 Å². The molecule has 3 heteroatoms. The summed E-state index contributed by atoms with van der Waals surface area (Å²) in [6.07, 6.45) is 1.75. The van der Waals surface area contributed by atoms with Gasteiger partial charge in [-0.15, -0.1) is 0 Å². The van der Waals surface area contributed by atoms with Crippen LogP contribution >= 0.6 is 0 Å². The van der Waals surface area contributed by atoms with Gasteiger partial charge in [0.15, 0.2) is 0 Å². The number of amides is 1. The highest BCUT2D eigenvalue weighted by molar-refractivity contribution is 5.92. The molecule has 18 heavy (non-hydrogen) atoms. The van der Waals surface area contributed by atoms with E-state index in [1.54, 1.807) is 0 Å². The summed E-state index contributed by atoms with van der Waals surface area (Å²) in [6, 6.07) is 7.88. The van der Waals surface area contributed by atoms with Gasteiger partial charge in [0.25, 0.3) is 0 Å². The van der Waals surface area contributed by atoms with Gasteiger partial charge in [-0.2, -0.15) is 0 Å². The molecule has 1 rings (SSSR count). The van der Waals surface area contributed by atoms with Crippen LogP contribution in [0.4, 0.5) is 5.69 Å². The minimum atomic E-state index is 0.0369. The minimum Gasteiger partial charge on any atom is -0.330 e. The Morgan fingerprint density at radius 3 is 2.39 bits per heavy atom. The Morgan fingerprint density at radius 1 is 1.28 bits per heavy atom. The lowest BCUT2D eigenvalue weighted by Crippen LogP contribution is -2.27. The molecule has 100 valence electrons. The van der Waals surface area contributed by atoms with E-state index in [2.05, 4.69) is 19.2 Å². The molecule has 0 heterocycles. The summed E-state index contributed by atoms with van der Waals surface area (Å²) in [6.45, 7) is 6.83. The summed E-state index contributed by atoms with van der Waals surface area (Å²) >= 11 is 0. The van der Waals surface area contributed by atoms with Gasteiger partial charge in [-0.3, -0.25) is 4.79 Å². The Bertz CT molecular complexity index is 371. The van der Waals surface area contributed by atoms with Gasteiger partial charge in [-0.1, -0.05) is 31.5 Å². The largest absolute Gasteiger partial charge is 0.330 e. The number of carbonyl (C=O) groups is 1. The predicted molar refractivity (Wildman–Crippen MR) is 76.4 cm³/mol. The molecule has 3 N–H and O–H groups in total. The van der Waals surface area contributed by atoms with E-state index in [9.17, 15) is 4.79 Å². The van der Waals surface area contributed by atoms with E-state index >= 15 is 0 Å². The summed E-state index contributed by atoms with van der Waals surface area (Å²) in [7, 11) is 0. The Hall–Kier alpha value is -1.35. The first-order valence-electron chi connectivity index (χ1n) is 6.62. The highest BCUT2D eigenvalue weighted by atomic mass is 16.1. The van der Waals surface area contributed by atoms with E-state index in [0.717, 1.165) is 18.5 Å². The topological polar surface area (TPSA) is 55.1 Å². The van der Waals surface area contributed by atoms with E-state index in [4.69, 9.17) is 5.73 Å². The summed E-state index contributed by atoms with van der Waals surface area (Å²) < 4.78 is 0. The maximum absolute atomic E-state index is 12.2. The first-order chi connectivity index (χ1) is 8.54. The predicted octanol–water partition coefficient (Wildman–Crippen LogP) is 2.94. The third-order valence-electron chi connectivity index (χ3n) is 3.18. The minimum absolute atomic E-state index is 0.0369. The lowest BCUT2D eigenvalue weighted by molar-refractivity contribution is -0.121. The maximum atomic E-state index is 12.2. The lowest BCUT2D eigenvalue weighted by Gasteiger charge is -2.20. The molecular formula is C15H24N2O. The van der Waals surface area contributed by atoms with E-state index in [-0.39, 0.29) is 11.8 Å².